The lowest BCUT2D eigenvalue weighted by Gasteiger charge is -2.22. The van der Waals surface area contributed by atoms with E-state index in [2.05, 4.69) is 22.4 Å². The summed E-state index contributed by atoms with van der Waals surface area (Å²) in [5.74, 6) is 1.09. The molecule has 0 aliphatic carbocycles. The molecule has 1 aromatic carbocycles. The van der Waals surface area contributed by atoms with E-state index in [0.717, 1.165) is 37.8 Å². The van der Waals surface area contributed by atoms with Gasteiger partial charge in [-0.2, -0.15) is 4.98 Å². The van der Waals surface area contributed by atoms with Gasteiger partial charge in [0.2, 0.25) is 11.7 Å². The van der Waals surface area contributed by atoms with E-state index in [1.54, 1.807) is 0 Å². The smallest absolute Gasteiger partial charge is 0.318 e. The fourth-order valence-electron chi connectivity index (χ4n) is 2.93. The van der Waals surface area contributed by atoms with Crippen LogP contribution in [0.25, 0.3) is 11.4 Å². The number of carbonyl (C=O) groups is 1. The Morgan fingerprint density at radius 1 is 1.38 bits per heavy atom. The molecule has 1 fully saturated rings. The Morgan fingerprint density at radius 2 is 2.17 bits per heavy atom. The van der Waals surface area contributed by atoms with Gasteiger partial charge in [-0.1, -0.05) is 48.3 Å². The highest BCUT2D eigenvalue weighted by atomic mass is 16.5. The molecule has 128 valence electrons. The van der Waals surface area contributed by atoms with Gasteiger partial charge in [-0.25, -0.2) is 4.79 Å². The molecule has 0 bridgehead atoms. The van der Waals surface area contributed by atoms with Crippen LogP contribution in [0, 0.1) is 6.92 Å². The fraction of sp³-hybridized carbons (Fsp3) is 0.500. The van der Waals surface area contributed by atoms with Crippen LogP contribution in [0.1, 0.15) is 50.1 Å². The molecule has 0 spiro atoms. The van der Waals surface area contributed by atoms with Crippen molar-refractivity contribution in [1.82, 2.24) is 20.4 Å². The lowest BCUT2D eigenvalue weighted by Crippen LogP contribution is -2.39. The minimum atomic E-state index is -0.127. The Morgan fingerprint density at radius 3 is 2.92 bits per heavy atom. The van der Waals surface area contributed by atoms with Crippen LogP contribution < -0.4 is 5.32 Å². The number of aromatic nitrogens is 2. The van der Waals surface area contributed by atoms with Gasteiger partial charge in [0.1, 0.15) is 6.04 Å². The molecule has 2 heterocycles. The Balaban J connectivity index is 1.71. The quantitative estimate of drug-likeness (QED) is 0.850. The number of nitrogens with one attached hydrogen (secondary N) is 1. The van der Waals surface area contributed by atoms with Crippen LogP contribution in [0.3, 0.4) is 0 Å². The van der Waals surface area contributed by atoms with Crippen LogP contribution in [0.2, 0.25) is 0 Å². The van der Waals surface area contributed by atoms with E-state index < -0.39 is 0 Å². The lowest BCUT2D eigenvalue weighted by molar-refractivity contribution is 0.180. The monoisotopic (exact) mass is 328 g/mol. The van der Waals surface area contributed by atoms with Gasteiger partial charge >= 0.3 is 6.03 Å². The van der Waals surface area contributed by atoms with Crippen molar-refractivity contribution in [3.05, 3.63) is 35.7 Å². The number of aryl methyl sites for hydroxylation is 1. The molecule has 1 saturated heterocycles. The summed E-state index contributed by atoms with van der Waals surface area (Å²) in [5.41, 5.74) is 2.11. The first-order valence-corrected chi connectivity index (χ1v) is 8.64. The van der Waals surface area contributed by atoms with E-state index in [-0.39, 0.29) is 12.1 Å². The van der Waals surface area contributed by atoms with Gasteiger partial charge in [0, 0.05) is 18.7 Å². The molecule has 1 aliphatic rings. The maximum atomic E-state index is 12.3. The van der Waals surface area contributed by atoms with Crippen molar-refractivity contribution in [2.45, 2.75) is 45.6 Å². The van der Waals surface area contributed by atoms with Gasteiger partial charge in [-0.15, -0.1) is 0 Å². The van der Waals surface area contributed by atoms with Crippen molar-refractivity contribution < 1.29 is 9.32 Å². The average molecular weight is 328 g/mol. The highest BCUT2D eigenvalue weighted by molar-refractivity contribution is 5.74. The van der Waals surface area contributed by atoms with Crippen molar-refractivity contribution in [2.75, 3.05) is 13.1 Å². The molecular weight excluding hydrogens is 304 g/mol. The molecule has 1 N–H and O–H groups in total. The zero-order valence-electron chi connectivity index (χ0n) is 14.3. The molecule has 1 unspecified atom stereocenters. The van der Waals surface area contributed by atoms with E-state index in [1.807, 2.05) is 36.1 Å². The highest BCUT2D eigenvalue weighted by Gasteiger charge is 2.34. The molecule has 24 heavy (non-hydrogen) atoms. The molecule has 2 amide bonds. The molecule has 6 heteroatoms. The normalized spacial score (nSPS) is 17.2. The van der Waals surface area contributed by atoms with Crippen LogP contribution in [-0.4, -0.2) is 34.2 Å². The molecular formula is C18H24N4O2. The molecule has 2 aromatic rings. The van der Waals surface area contributed by atoms with Crippen LogP contribution in [0.4, 0.5) is 4.79 Å². The Hall–Kier alpha value is -2.37. The van der Waals surface area contributed by atoms with Crippen LogP contribution in [0.15, 0.2) is 28.8 Å². The summed E-state index contributed by atoms with van der Waals surface area (Å²) in [5, 5.41) is 7.05. The number of rotatable bonds is 5. The Bertz CT molecular complexity index is 681. The van der Waals surface area contributed by atoms with Gasteiger partial charge in [0.25, 0.3) is 0 Å². The van der Waals surface area contributed by atoms with Crippen molar-refractivity contribution in [1.29, 1.82) is 0 Å². The standard InChI is InChI=1S/C18H24N4O2/c1-3-4-11-19-18(23)22-12-5-6-15(22)17-20-16(21-24-17)14-9-7-13(2)8-10-14/h7-10,15H,3-6,11-12H2,1-2H3,(H,19,23). The minimum absolute atomic E-state index is 0.0407. The second-order valence-electron chi connectivity index (χ2n) is 6.26. The number of unbranched alkanes of at least 4 members (excludes halogenated alkanes) is 1. The third-order valence-corrected chi connectivity index (χ3v) is 4.36. The number of benzene rings is 1. The van der Waals surface area contributed by atoms with Gasteiger partial charge in [0.05, 0.1) is 0 Å². The van der Waals surface area contributed by atoms with Crippen molar-refractivity contribution in [3.8, 4) is 11.4 Å². The Labute approximate surface area is 142 Å². The average Bonchev–Trinajstić information content (AvgIpc) is 3.24. The number of nitrogens with zero attached hydrogens (tertiary/aromatic N) is 3. The first kappa shape index (κ1) is 16.5. The number of carbonyl (C=O) groups excluding carboxylic acids is 1. The topological polar surface area (TPSA) is 71.3 Å². The van der Waals surface area contributed by atoms with E-state index in [4.69, 9.17) is 4.52 Å². The summed E-state index contributed by atoms with van der Waals surface area (Å²) in [4.78, 5) is 18.7. The molecule has 6 nitrogen and oxygen atoms in total. The Kier molecular flexibility index (Phi) is 5.13. The van der Waals surface area contributed by atoms with Gasteiger partial charge < -0.3 is 14.7 Å². The van der Waals surface area contributed by atoms with Crippen molar-refractivity contribution >= 4 is 6.03 Å². The predicted octanol–water partition coefficient (Wildman–Crippen LogP) is 3.69. The van der Waals surface area contributed by atoms with Crippen LogP contribution >= 0.6 is 0 Å². The molecule has 0 radical (unpaired) electrons. The summed E-state index contributed by atoms with van der Waals surface area (Å²) < 4.78 is 5.46. The molecule has 1 aromatic heterocycles. The molecule has 1 aliphatic heterocycles. The zero-order valence-corrected chi connectivity index (χ0v) is 14.3. The first-order valence-electron chi connectivity index (χ1n) is 8.64. The number of amides is 2. The highest BCUT2D eigenvalue weighted by Crippen LogP contribution is 2.32. The van der Waals surface area contributed by atoms with Crippen LogP contribution in [0.5, 0.6) is 0 Å². The van der Waals surface area contributed by atoms with Crippen molar-refractivity contribution in [2.24, 2.45) is 0 Å². The zero-order chi connectivity index (χ0) is 16.9. The second-order valence-corrected chi connectivity index (χ2v) is 6.26. The summed E-state index contributed by atoms with van der Waals surface area (Å²) in [6, 6.07) is 7.84. The summed E-state index contributed by atoms with van der Waals surface area (Å²) in [6.07, 6.45) is 3.86. The maximum absolute atomic E-state index is 12.3. The SMILES string of the molecule is CCCCNC(=O)N1CCCC1c1nc(-c2ccc(C)cc2)no1. The third-order valence-electron chi connectivity index (χ3n) is 4.36. The number of hydrogen-bond acceptors (Lipinski definition) is 4. The van der Waals surface area contributed by atoms with Crippen molar-refractivity contribution in [3.63, 3.8) is 0 Å². The van der Waals surface area contributed by atoms with E-state index in [1.165, 1.54) is 5.56 Å². The van der Waals surface area contributed by atoms with Gasteiger partial charge in [-0.3, -0.25) is 0 Å². The molecule has 1 atom stereocenters. The third kappa shape index (κ3) is 3.58. The number of hydrogen-bond donors (Lipinski definition) is 1. The van der Waals surface area contributed by atoms with E-state index in [0.29, 0.717) is 18.3 Å². The number of likely N-dealkylation sites (tertiary alicyclic amines) is 1. The lowest BCUT2D eigenvalue weighted by atomic mass is 10.1. The maximum Gasteiger partial charge on any atom is 0.318 e. The largest absolute Gasteiger partial charge is 0.338 e. The van der Waals surface area contributed by atoms with Gasteiger partial charge in [0.15, 0.2) is 0 Å². The van der Waals surface area contributed by atoms with Crippen LogP contribution in [-0.2, 0) is 0 Å². The second kappa shape index (κ2) is 7.47. The van der Waals surface area contributed by atoms with E-state index in [9.17, 15) is 4.79 Å². The minimum Gasteiger partial charge on any atom is -0.338 e. The predicted molar refractivity (Wildman–Crippen MR) is 91.5 cm³/mol. The first-order chi connectivity index (χ1) is 11.7. The number of urea groups is 1. The molecule has 0 saturated carbocycles. The summed E-state index contributed by atoms with van der Waals surface area (Å²) >= 11 is 0. The fourth-order valence-corrected chi connectivity index (χ4v) is 2.93. The molecule has 3 rings (SSSR count). The summed E-state index contributed by atoms with van der Waals surface area (Å²) in [7, 11) is 0. The van der Waals surface area contributed by atoms with Gasteiger partial charge in [-0.05, 0) is 26.2 Å². The van der Waals surface area contributed by atoms with E-state index >= 15 is 0 Å². The summed E-state index contributed by atoms with van der Waals surface area (Å²) in [6.45, 7) is 5.58.